The largest absolute Gasteiger partial charge is 0.432 e. The molecule has 0 spiro atoms. The first-order chi connectivity index (χ1) is 11.2. The summed E-state index contributed by atoms with van der Waals surface area (Å²) in [5, 5.41) is 3.62. The number of nitrogens with one attached hydrogen (secondary N) is 1. The van der Waals surface area contributed by atoms with Gasteiger partial charge in [-0.1, -0.05) is 23.7 Å². The first kappa shape index (κ1) is 14.7. The number of hydrogen-bond acceptors (Lipinski definition) is 4. The summed E-state index contributed by atoms with van der Waals surface area (Å²) in [7, 11) is 0. The topological polar surface area (TPSA) is 58.4 Å². The van der Waals surface area contributed by atoms with Gasteiger partial charge in [-0.3, -0.25) is 4.79 Å². The molecule has 1 aromatic heterocycles. The van der Waals surface area contributed by atoms with Crippen molar-refractivity contribution in [3.8, 4) is 11.3 Å². The molecule has 2 aliphatic rings. The highest BCUT2D eigenvalue weighted by Gasteiger charge is 2.33. The van der Waals surface area contributed by atoms with Crippen molar-refractivity contribution < 1.29 is 9.21 Å². The number of hydrogen-bond donors (Lipinski definition) is 1. The van der Waals surface area contributed by atoms with E-state index in [4.69, 9.17) is 16.0 Å². The van der Waals surface area contributed by atoms with Crippen molar-refractivity contribution in [2.75, 3.05) is 19.6 Å². The molecule has 2 aromatic rings. The molecule has 1 aromatic carbocycles. The molecule has 2 bridgehead atoms. The predicted molar refractivity (Wildman–Crippen MR) is 87.4 cm³/mol. The minimum Gasteiger partial charge on any atom is -0.432 e. The van der Waals surface area contributed by atoms with Crippen LogP contribution in [-0.2, 0) is 0 Å². The van der Waals surface area contributed by atoms with E-state index in [9.17, 15) is 4.79 Å². The maximum atomic E-state index is 12.4. The molecule has 1 N–H and O–H groups in total. The Morgan fingerprint density at radius 2 is 2.22 bits per heavy atom. The lowest BCUT2D eigenvalue weighted by atomic mass is 9.97. The van der Waals surface area contributed by atoms with Gasteiger partial charge in [0.15, 0.2) is 5.76 Å². The lowest BCUT2D eigenvalue weighted by Gasteiger charge is -2.30. The Hall–Kier alpha value is -1.85. The number of piperidine rings is 1. The van der Waals surface area contributed by atoms with Gasteiger partial charge in [-0.15, -0.1) is 0 Å². The summed E-state index contributed by atoms with van der Waals surface area (Å²) in [4.78, 5) is 18.9. The number of benzene rings is 1. The molecule has 3 atom stereocenters. The standard InChI is InChI=1S/C17H18ClN3O2/c18-14-4-2-1-3-13(14)15-8-19-17(23-15)16(22)20-12-7-11-5-6-21(9-11)10-12/h1-4,8,11-12H,5-7,9-10H2,(H,20,22). The van der Waals surface area contributed by atoms with Gasteiger partial charge in [0.05, 0.1) is 11.2 Å². The molecule has 120 valence electrons. The van der Waals surface area contributed by atoms with E-state index < -0.39 is 0 Å². The summed E-state index contributed by atoms with van der Waals surface area (Å²) in [5.74, 6) is 1.05. The number of fused-ring (bicyclic) bond motifs is 2. The zero-order chi connectivity index (χ0) is 15.8. The van der Waals surface area contributed by atoms with Crippen molar-refractivity contribution >= 4 is 17.5 Å². The quantitative estimate of drug-likeness (QED) is 0.939. The highest BCUT2D eigenvalue weighted by molar-refractivity contribution is 6.33. The molecule has 0 radical (unpaired) electrons. The molecule has 0 saturated carbocycles. The van der Waals surface area contributed by atoms with Crippen LogP contribution in [0.2, 0.25) is 5.02 Å². The number of rotatable bonds is 3. The molecule has 2 fully saturated rings. The minimum atomic E-state index is -0.254. The van der Waals surface area contributed by atoms with Crippen LogP contribution >= 0.6 is 11.6 Å². The van der Waals surface area contributed by atoms with Crippen molar-refractivity contribution in [3.63, 3.8) is 0 Å². The van der Waals surface area contributed by atoms with Crippen LogP contribution in [0, 0.1) is 5.92 Å². The fraction of sp³-hybridized carbons (Fsp3) is 0.412. The van der Waals surface area contributed by atoms with E-state index in [1.54, 1.807) is 12.3 Å². The van der Waals surface area contributed by atoms with Crippen LogP contribution in [0.1, 0.15) is 23.5 Å². The van der Waals surface area contributed by atoms with Crippen LogP contribution < -0.4 is 5.32 Å². The van der Waals surface area contributed by atoms with Gasteiger partial charge in [0.2, 0.25) is 0 Å². The number of carbonyl (C=O) groups is 1. The lowest BCUT2D eigenvalue weighted by molar-refractivity contribution is 0.0875. The highest BCUT2D eigenvalue weighted by atomic mass is 35.5. The van der Waals surface area contributed by atoms with E-state index in [2.05, 4.69) is 15.2 Å². The molecule has 23 heavy (non-hydrogen) atoms. The normalized spacial score (nSPS) is 26.2. The molecule has 2 saturated heterocycles. The van der Waals surface area contributed by atoms with Gasteiger partial charge < -0.3 is 14.6 Å². The second-order valence-corrected chi connectivity index (χ2v) is 6.74. The molecule has 4 rings (SSSR count). The van der Waals surface area contributed by atoms with E-state index in [1.807, 2.05) is 18.2 Å². The zero-order valence-electron chi connectivity index (χ0n) is 12.7. The Labute approximate surface area is 139 Å². The molecular formula is C17H18ClN3O2. The lowest BCUT2D eigenvalue weighted by Crippen LogP contribution is -2.47. The maximum Gasteiger partial charge on any atom is 0.307 e. The van der Waals surface area contributed by atoms with Crippen molar-refractivity contribution in [3.05, 3.63) is 41.4 Å². The zero-order valence-corrected chi connectivity index (χ0v) is 13.4. The van der Waals surface area contributed by atoms with Crippen LogP contribution in [0.25, 0.3) is 11.3 Å². The third-order valence-electron chi connectivity index (χ3n) is 4.64. The molecule has 6 heteroatoms. The number of oxazole rings is 1. The summed E-state index contributed by atoms with van der Waals surface area (Å²) >= 11 is 6.15. The van der Waals surface area contributed by atoms with Crippen LogP contribution in [0.4, 0.5) is 0 Å². The molecule has 1 amide bonds. The van der Waals surface area contributed by atoms with Gasteiger partial charge >= 0.3 is 5.91 Å². The SMILES string of the molecule is O=C(NC1CC2CCN(C2)C1)c1ncc(-c2ccccc2Cl)o1. The monoisotopic (exact) mass is 331 g/mol. The Morgan fingerprint density at radius 3 is 3.04 bits per heavy atom. The maximum absolute atomic E-state index is 12.4. The average Bonchev–Trinajstić information content (AvgIpc) is 3.15. The van der Waals surface area contributed by atoms with Crippen molar-refractivity contribution in [1.82, 2.24) is 15.2 Å². The Morgan fingerprint density at radius 1 is 1.35 bits per heavy atom. The number of aromatic nitrogens is 1. The second kappa shape index (κ2) is 5.98. The van der Waals surface area contributed by atoms with Gasteiger partial charge in [0, 0.05) is 24.7 Å². The van der Waals surface area contributed by atoms with E-state index in [-0.39, 0.29) is 17.8 Å². The van der Waals surface area contributed by atoms with Crippen LogP contribution in [0.5, 0.6) is 0 Å². The third kappa shape index (κ3) is 2.99. The molecule has 3 unspecified atom stereocenters. The summed E-state index contributed by atoms with van der Waals surface area (Å²) in [5.41, 5.74) is 0.738. The summed E-state index contributed by atoms with van der Waals surface area (Å²) in [6.45, 7) is 3.23. The predicted octanol–water partition coefficient (Wildman–Crippen LogP) is 2.82. The van der Waals surface area contributed by atoms with E-state index in [1.165, 1.54) is 13.0 Å². The first-order valence-electron chi connectivity index (χ1n) is 7.93. The molecule has 5 nitrogen and oxygen atoms in total. The number of nitrogens with zero attached hydrogens (tertiary/aromatic N) is 2. The van der Waals surface area contributed by atoms with Gasteiger partial charge in [-0.25, -0.2) is 4.98 Å². The van der Waals surface area contributed by atoms with Crippen molar-refractivity contribution in [2.45, 2.75) is 18.9 Å². The van der Waals surface area contributed by atoms with Gasteiger partial charge in [0.1, 0.15) is 0 Å². The Balaban J connectivity index is 1.46. The van der Waals surface area contributed by atoms with E-state index >= 15 is 0 Å². The summed E-state index contributed by atoms with van der Waals surface area (Å²) < 4.78 is 5.60. The van der Waals surface area contributed by atoms with Gasteiger partial charge in [-0.2, -0.15) is 0 Å². The average molecular weight is 332 g/mol. The molecule has 3 heterocycles. The van der Waals surface area contributed by atoms with Gasteiger partial charge in [-0.05, 0) is 37.4 Å². The fourth-order valence-electron chi connectivity index (χ4n) is 3.58. The third-order valence-corrected chi connectivity index (χ3v) is 4.97. The summed E-state index contributed by atoms with van der Waals surface area (Å²) in [6, 6.07) is 7.53. The van der Waals surface area contributed by atoms with Crippen LogP contribution in [-0.4, -0.2) is 41.5 Å². The van der Waals surface area contributed by atoms with Crippen LogP contribution in [0.3, 0.4) is 0 Å². The van der Waals surface area contributed by atoms with Crippen molar-refractivity contribution in [1.29, 1.82) is 0 Å². The first-order valence-corrected chi connectivity index (χ1v) is 8.31. The number of carbonyl (C=O) groups excluding carboxylic acids is 1. The van der Waals surface area contributed by atoms with Crippen molar-refractivity contribution in [2.24, 2.45) is 5.92 Å². The number of halogens is 1. The van der Waals surface area contributed by atoms with E-state index in [0.717, 1.165) is 25.1 Å². The molecule has 2 aliphatic heterocycles. The minimum absolute atomic E-state index is 0.0906. The molecule has 0 aliphatic carbocycles. The summed E-state index contributed by atoms with van der Waals surface area (Å²) in [6.07, 6.45) is 3.83. The Kier molecular flexibility index (Phi) is 3.83. The van der Waals surface area contributed by atoms with Gasteiger partial charge in [0.25, 0.3) is 5.89 Å². The fourth-order valence-corrected chi connectivity index (χ4v) is 3.80. The van der Waals surface area contributed by atoms with E-state index in [0.29, 0.717) is 16.7 Å². The molecular weight excluding hydrogens is 314 g/mol. The van der Waals surface area contributed by atoms with Crippen LogP contribution in [0.15, 0.2) is 34.9 Å². The smallest absolute Gasteiger partial charge is 0.307 e. The Bertz CT molecular complexity index is 718. The number of amides is 1. The highest BCUT2D eigenvalue weighted by Crippen LogP contribution is 2.29. The second-order valence-electron chi connectivity index (χ2n) is 6.33.